The fourth-order valence-corrected chi connectivity index (χ4v) is 8.10. The molecule has 4 saturated carbocycles. The minimum Gasteiger partial charge on any atom is -0.0843 e. The van der Waals surface area contributed by atoms with E-state index < -0.39 is 0 Å². The molecule has 144 valence electrons. The second-order valence-corrected chi connectivity index (χ2v) is 10.4. The first kappa shape index (κ1) is 16.7. The molecule has 3 aromatic rings. The maximum absolute atomic E-state index is 6.15. The Kier molecular flexibility index (Phi) is 3.32. The largest absolute Gasteiger partial charge is 0.0843 e. The molecule has 0 amide bonds. The molecule has 5 aliphatic carbocycles. The van der Waals surface area contributed by atoms with Crippen molar-refractivity contribution in [3.05, 3.63) is 82.9 Å². The highest BCUT2D eigenvalue weighted by Crippen LogP contribution is 2.69. The second kappa shape index (κ2) is 5.76. The number of hydrogen-bond acceptors (Lipinski definition) is 0. The topological polar surface area (TPSA) is 0 Å². The minimum absolute atomic E-state index is 0.252. The van der Waals surface area contributed by atoms with E-state index in [9.17, 15) is 0 Å². The van der Waals surface area contributed by atoms with Crippen molar-refractivity contribution >= 4 is 11.6 Å². The van der Waals surface area contributed by atoms with Crippen LogP contribution in [-0.2, 0) is 5.41 Å². The summed E-state index contributed by atoms with van der Waals surface area (Å²) in [6, 6.07) is 24.9. The summed E-state index contributed by atoms with van der Waals surface area (Å²) in [5.41, 5.74) is 9.11. The zero-order valence-electron chi connectivity index (χ0n) is 16.6. The van der Waals surface area contributed by atoms with Gasteiger partial charge in [-0.2, -0.15) is 0 Å². The lowest BCUT2D eigenvalue weighted by molar-refractivity contribution is -0.0399. The zero-order chi connectivity index (χ0) is 19.2. The molecule has 29 heavy (non-hydrogen) atoms. The first-order chi connectivity index (χ1) is 14.2. The number of hydrogen-bond donors (Lipinski definition) is 0. The number of benzene rings is 3. The van der Waals surface area contributed by atoms with Crippen molar-refractivity contribution in [3.63, 3.8) is 0 Å². The molecule has 1 spiro atoms. The van der Waals surface area contributed by atoms with Crippen molar-refractivity contribution in [1.29, 1.82) is 0 Å². The predicted molar refractivity (Wildman–Crippen MR) is 120 cm³/mol. The maximum atomic E-state index is 6.15. The van der Waals surface area contributed by atoms with E-state index in [-0.39, 0.29) is 5.41 Å². The molecule has 1 heteroatoms. The fourth-order valence-electron chi connectivity index (χ4n) is 7.97. The van der Waals surface area contributed by atoms with Gasteiger partial charge >= 0.3 is 0 Å². The lowest BCUT2D eigenvalue weighted by Crippen LogP contribution is -2.55. The van der Waals surface area contributed by atoms with Crippen LogP contribution in [0.25, 0.3) is 22.3 Å². The van der Waals surface area contributed by atoms with Crippen LogP contribution in [0.15, 0.2) is 66.7 Å². The smallest absolute Gasteiger partial charge is 0.0406 e. The SMILES string of the molecule is Clc1ccc(-c2ccc3c(c2)C2(c4ccccc4-3)C3CC4CC(C3)CC2C4)cc1. The fraction of sp³-hybridized carbons (Fsp3) is 0.357. The van der Waals surface area contributed by atoms with E-state index >= 15 is 0 Å². The van der Waals surface area contributed by atoms with Crippen LogP contribution in [0.2, 0.25) is 5.02 Å². The van der Waals surface area contributed by atoms with Gasteiger partial charge in [0.25, 0.3) is 0 Å². The Morgan fingerprint density at radius 3 is 1.97 bits per heavy atom. The summed E-state index contributed by atoms with van der Waals surface area (Å²) < 4.78 is 0. The van der Waals surface area contributed by atoms with E-state index in [1.165, 1.54) is 54.4 Å². The molecule has 0 heterocycles. The van der Waals surface area contributed by atoms with Crippen molar-refractivity contribution in [3.8, 4) is 22.3 Å². The van der Waals surface area contributed by atoms with Crippen LogP contribution in [0, 0.1) is 23.7 Å². The van der Waals surface area contributed by atoms with Crippen LogP contribution in [0.4, 0.5) is 0 Å². The Bertz CT molecular complexity index is 1100. The number of halogens is 1. The van der Waals surface area contributed by atoms with E-state index in [4.69, 9.17) is 11.6 Å². The zero-order valence-corrected chi connectivity index (χ0v) is 17.3. The Morgan fingerprint density at radius 2 is 1.24 bits per heavy atom. The summed E-state index contributed by atoms with van der Waals surface area (Å²) in [6.07, 6.45) is 7.25. The van der Waals surface area contributed by atoms with Gasteiger partial charge in [0.15, 0.2) is 0 Å². The molecule has 4 bridgehead atoms. The lowest BCUT2D eigenvalue weighted by atomic mass is 9.43. The molecular weight excluding hydrogens is 372 g/mol. The third-order valence-electron chi connectivity index (χ3n) is 8.73. The summed E-state index contributed by atoms with van der Waals surface area (Å²) >= 11 is 6.15. The molecular formula is C28H25Cl. The molecule has 3 aromatic carbocycles. The van der Waals surface area contributed by atoms with Gasteiger partial charge in [0.05, 0.1) is 0 Å². The Labute approximate surface area is 177 Å². The normalized spacial score (nSPS) is 33.1. The van der Waals surface area contributed by atoms with Gasteiger partial charge in [0, 0.05) is 10.4 Å². The molecule has 0 radical (unpaired) electrons. The average molecular weight is 397 g/mol. The monoisotopic (exact) mass is 396 g/mol. The maximum Gasteiger partial charge on any atom is 0.0406 e. The summed E-state index contributed by atoms with van der Waals surface area (Å²) in [4.78, 5) is 0. The van der Waals surface area contributed by atoms with Crippen molar-refractivity contribution < 1.29 is 0 Å². The van der Waals surface area contributed by atoms with Crippen LogP contribution >= 0.6 is 11.6 Å². The average Bonchev–Trinajstić information content (AvgIpc) is 3.03. The quantitative estimate of drug-likeness (QED) is 0.394. The second-order valence-electron chi connectivity index (χ2n) is 9.99. The van der Waals surface area contributed by atoms with Crippen molar-refractivity contribution in [2.75, 3.05) is 0 Å². The lowest BCUT2D eigenvalue weighted by Gasteiger charge is -2.61. The van der Waals surface area contributed by atoms with Gasteiger partial charge in [-0.1, -0.05) is 60.1 Å². The molecule has 0 aromatic heterocycles. The Balaban J connectivity index is 1.48. The van der Waals surface area contributed by atoms with Crippen LogP contribution in [0.5, 0.6) is 0 Å². The molecule has 0 unspecified atom stereocenters. The molecule has 0 saturated heterocycles. The van der Waals surface area contributed by atoms with E-state index in [0.717, 1.165) is 28.7 Å². The molecule has 0 atom stereocenters. The highest BCUT2D eigenvalue weighted by Gasteiger charge is 2.61. The van der Waals surface area contributed by atoms with Crippen molar-refractivity contribution in [1.82, 2.24) is 0 Å². The summed E-state index contributed by atoms with van der Waals surface area (Å²) in [7, 11) is 0. The first-order valence-corrected chi connectivity index (χ1v) is 11.6. The Hall–Kier alpha value is -2.05. The van der Waals surface area contributed by atoms with Gasteiger partial charge < -0.3 is 0 Å². The van der Waals surface area contributed by atoms with Gasteiger partial charge in [-0.05, 0) is 107 Å². The molecule has 4 fully saturated rings. The van der Waals surface area contributed by atoms with Gasteiger partial charge in [0.1, 0.15) is 0 Å². The van der Waals surface area contributed by atoms with Gasteiger partial charge in [-0.25, -0.2) is 0 Å². The van der Waals surface area contributed by atoms with Gasteiger partial charge in [-0.15, -0.1) is 0 Å². The minimum atomic E-state index is 0.252. The van der Waals surface area contributed by atoms with Crippen molar-refractivity contribution in [2.45, 2.75) is 37.5 Å². The molecule has 5 aliphatic rings. The highest BCUT2D eigenvalue weighted by molar-refractivity contribution is 6.30. The van der Waals surface area contributed by atoms with Crippen LogP contribution in [0.1, 0.15) is 43.2 Å². The van der Waals surface area contributed by atoms with E-state index in [1.807, 2.05) is 12.1 Å². The van der Waals surface area contributed by atoms with Crippen LogP contribution in [0.3, 0.4) is 0 Å². The molecule has 0 N–H and O–H groups in total. The number of rotatable bonds is 1. The van der Waals surface area contributed by atoms with E-state index in [0.29, 0.717) is 0 Å². The first-order valence-electron chi connectivity index (χ1n) is 11.2. The van der Waals surface area contributed by atoms with Gasteiger partial charge in [0.2, 0.25) is 0 Å². The van der Waals surface area contributed by atoms with E-state index in [2.05, 4.69) is 54.6 Å². The summed E-state index contributed by atoms with van der Waals surface area (Å²) in [5.74, 6) is 3.61. The van der Waals surface area contributed by atoms with Crippen LogP contribution < -0.4 is 0 Å². The third-order valence-corrected chi connectivity index (χ3v) is 8.98. The van der Waals surface area contributed by atoms with E-state index in [1.54, 1.807) is 11.1 Å². The molecule has 0 nitrogen and oxygen atoms in total. The van der Waals surface area contributed by atoms with Gasteiger partial charge in [-0.3, -0.25) is 0 Å². The number of fused-ring (bicyclic) bond motifs is 3. The predicted octanol–water partition coefficient (Wildman–Crippen LogP) is 7.73. The van der Waals surface area contributed by atoms with Crippen molar-refractivity contribution in [2.24, 2.45) is 23.7 Å². The molecule has 0 aliphatic heterocycles. The Morgan fingerprint density at radius 1 is 0.621 bits per heavy atom. The highest BCUT2D eigenvalue weighted by atomic mass is 35.5. The van der Waals surface area contributed by atoms with Crippen LogP contribution in [-0.4, -0.2) is 0 Å². The standard InChI is InChI=1S/C28H25Cl/c29-23-8-5-19(6-9-23)20-7-10-25-24-3-1-2-4-26(24)28(27(25)16-20)21-12-17-11-18(14-21)15-22(28)13-17/h1-10,16-18,21-22H,11-15H2. The third kappa shape index (κ3) is 2.11. The summed E-state index contributed by atoms with van der Waals surface area (Å²) in [6.45, 7) is 0. The summed E-state index contributed by atoms with van der Waals surface area (Å²) in [5, 5.41) is 0.805. The molecule has 8 rings (SSSR count).